The fourth-order valence-corrected chi connectivity index (χ4v) is 2.94. The number of hydrogen-bond donors (Lipinski definition) is 2. The average Bonchev–Trinajstić information content (AvgIpc) is 2.53. The summed E-state index contributed by atoms with van der Waals surface area (Å²) in [5.74, 6) is 0. The van der Waals surface area contributed by atoms with Crippen LogP contribution >= 0.6 is 46.4 Å². The second-order valence-electron chi connectivity index (χ2n) is 5.46. The van der Waals surface area contributed by atoms with Crippen molar-refractivity contribution >= 4 is 58.2 Å². The molecule has 0 aliphatic heterocycles. The molecule has 0 bridgehead atoms. The monoisotopic (exact) mass is 420 g/mol. The number of anilines is 1. The highest BCUT2D eigenvalue weighted by molar-refractivity contribution is 6.68. The normalized spacial score (nSPS) is 12.5. The molecule has 0 saturated heterocycles. The van der Waals surface area contributed by atoms with Crippen molar-refractivity contribution in [1.82, 2.24) is 4.90 Å². The maximum absolute atomic E-state index is 11.8. The summed E-state index contributed by atoms with van der Waals surface area (Å²) in [5, 5.41) is 13.1. The van der Waals surface area contributed by atoms with E-state index in [0.717, 1.165) is 10.5 Å². The van der Waals surface area contributed by atoms with Crippen LogP contribution in [0.1, 0.15) is 11.1 Å². The van der Waals surface area contributed by atoms with Crippen molar-refractivity contribution in [3.8, 4) is 0 Å². The van der Waals surface area contributed by atoms with Crippen molar-refractivity contribution in [3.63, 3.8) is 0 Å². The molecule has 0 saturated carbocycles. The molecule has 0 radical (unpaired) electrons. The smallest absolute Gasteiger partial charge is 0.409 e. The lowest BCUT2D eigenvalue weighted by Crippen LogP contribution is -2.51. The van der Waals surface area contributed by atoms with E-state index in [0.29, 0.717) is 16.3 Å². The van der Waals surface area contributed by atoms with Crippen LogP contribution in [-0.4, -0.2) is 26.1 Å². The van der Waals surface area contributed by atoms with Crippen molar-refractivity contribution in [2.24, 2.45) is 0 Å². The molecule has 4 nitrogen and oxygen atoms in total. The Bertz CT molecular complexity index is 732. The van der Waals surface area contributed by atoms with E-state index in [-0.39, 0.29) is 6.54 Å². The Balaban J connectivity index is 2.33. The number of hydrogen-bond acceptors (Lipinski definition) is 2. The van der Waals surface area contributed by atoms with Gasteiger partial charge in [0.15, 0.2) is 6.17 Å². The van der Waals surface area contributed by atoms with E-state index in [1.165, 1.54) is 0 Å². The molecule has 0 spiro atoms. The number of alkyl halides is 3. The van der Waals surface area contributed by atoms with Gasteiger partial charge in [-0.25, -0.2) is 4.79 Å². The van der Waals surface area contributed by atoms with Crippen LogP contribution in [0.3, 0.4) is 0 Å². The van der Waals surface area contributed by atoms with E-state index in [4.69, 9.17) is 46.4 Å². The van der Waals surface area contributed by atoms with E-state index >= 15 is 0 Å². The Morgan fingerprint density at radius 2 is 1.76 bits per heavy atom. The molecule has 0 aliphatic rings. The number of aryl methyl sites for hydroxylation is 1. The van der Waals surface area contributed by atoms with Crippen LogP contribution in [-0.2, 0) is 6.54 Å². The molecule has 2 aromatic carbocycles. The molecule has 1 amide bonds. The minimum atomic E-state index is -1.90. The zero-order valence-electron chi connectivity index (χ0n) is 13.2. The van der Waals surface area contributed by atoms with E-state index in [1.807, 2.05) is 19.1 Å². The number of nitrogens with zero attached hydrogens (tertiary/aromatic N) is 1. The summed E-state index contributed by atoms with van der Waals surface area (Å²) in [6.45, 7) is 1.91. The minimum absolute atomic E-state index is 0.0353. The zero-order valence-corrected chi connectivity index (χ0v) is 16.2. The van der Waals surface area contributed by atoms with Gasteiger partial charge < -0.3 is 10.4 Å². The van der Waals surface area contributed by atoms with E-state index < -0.39 is 16.1 Å². The topological polar surface area (TPSA) is 52.6 Å². The average molecular weight is 422 g/mol. The van der Waals surface area contributed by atoms with Gasteiger partial charge in [0.25, 0.3) is 0 Å². The van der Waals surface area contributed by atoms with Gasteiger partial charge in [-0.1, -0.05) is 82.3 Å². The first-order valence-electron chi connectivity index (χ1n) is 7.31. The highest BCUT2D eigenvalue weighted by Crippen LogP contribution is 2.35. The maximum Gasteiger partial charge on any atom is 0.409 e. The molecular weight excluding hydrogens is 406 g/mol. The summed E-state index contributed by atoms with van der Waals surface area (Å²) < 4.78 is -1.90. The lowest BCUT2D eigenvalue weighted by Gasteiger charge is -2.35. The van der Waals surface area contributed by atoms with E-state index in [9.17, 15) is 9.90 Å². The Kier molecular flexibility index (Phi) is 6.69. The maximum atomic E-state index is 11.8. The van der Waals surface area contributed by atoms with Crippen LogP contribution in [0, 0.1) is 6.92 Å². The third kappa shape index (κ3) is 5.58. The van der Waals surface area contributed by atoms with Crippen molar-refractivity contribution in [3.05, 3.63) is 64.7 Å². The van der Waals surface area contributed by atoms with Gasteiger partial charge in [0, 0.05) is 10.7 Å². The Morgan fingerprint density at radius 3 is 2.28 bits per heavy atom. The molecule has 8 heteroatoms. The third-order valence-corrected chi connectivity index (χ3v) is 4.51. The molecule has 1 unspecified atom stereocenters. The fourth-order valence-electron chi connectivity index (χ4n) is 2.22. The van der Waals surface area contributed by atoms with Gasteiger partial charge in [-0.05, 0) is 30.7 Å². The standard InChI is InChI=1S/C17H16Cl4N2O2/c1-11-6-8-13(9-7-11)22-15(17(19,20)21)23(16(24)25)10-12-4-2-3-5-14(12)18/h2-9,15,22H,10H2,1H3,(H,24,25). The number of carboxylic acid groups (broad SMARTS) is 1. The van der Waals surface area contributed by atoms with Crippen molar-refractivity contribution in [2.45, 2.75) is 23.4 Å². The molecule has 1 atom stereocenters. The second kappa shape index (κ2) is 8.37. The number of benzene rings is 2. The molecule has 0 aromatic heterocycles. The van der Waals surface area contributed by atoms with Crippen LogP contribution in [0.15, 0.2) is 48.5 Å². The molecule has 25 heavy (non-hydrogen) atoms. The van der Waals surface area contributed by atoms with Gasteiger partial charge >= 0.3 is 6.09 Å². The van der Waals surface area contributed by atoms with E-state index in [1.54, 1.807) is 36.4 Å². The predicted octanol–water partition coefficient (Wildman–Crippen LogP) is 5.94. The summed E-state index contributed by atoms with van der Waals surface area (Å²) in [6, 6.07) is 14.2. The second-order valence-corrected chi connectivity index (χ2v) is 8.23. The summed E-state index contributed by atoms with van der Waals surface area (Å²) in [4.78, 5) is 12.8. The molecule has 2 rings (SSSR count). The Labute approximate surface area is 166 Å². The van der Waals surface area contributed by atoms with E-state index in [2.05, 4.69) is 5.32 Å². The van der Waals surface area contributed by atoms with Crippen LogP contribution in [0.2, 0.25) is 5.02 Å². The van der Waals surface area contributed by atoms with Gasteiger partial charge in [-0.15, -0.1) is 0 Å². The van der Waals surface area contributed by atoms with Gasteiger partial charge in [0.1, 0.15) is 0 Å². The van der Waals surface area contributed by atoms with Crippen molar-refractivity contribution in [1.29, 1.82) is 0 Å². The number of halogens is 4. The molecule has 0 heterocycles. The lowest BCUT2D eigenvalue weighted by atomic mass is 10.2. The first-order valence-corrected chi connectivity index (χ1v) is 8.82. The van der Waals surface area contributed by atoms with Crippen LogP contribution in [0.25, 0.3) is 0 Å². The van der Waals surface area contributed by atoms with Gasteiger partial charge in [-0.3, -0.25) is 4.90 Å². The van der Waals surface area contributed by atoms with Crippen molar-refractivity contribution < 1.29 is 9.90 Å². The summed E-state index contributed by atoms with van der Waals surface area (Å²) >= 11 is 24.3. The molecule has 2 N–H and O–H groups in total. The highest BCUT2D eigenvalue weighted by Gasteiger charge is 2.40. The Hall–Kier alpha value is -1.33. The third-order valence-electron chi connectivity index (χ3n) is 3.52. The van der Waals surface area contributed by atoms with Crippen LogP contribution < -0.4 is 5.32 Å². The quantitative estimate of drug-likeness (QED) is 0.464. The fraction of sp³-hybridized carbons (Fsp3) is 0.235. The Morgan fingerprint density at radius 1 is 1.16 bits per heavy atom. The number of amides is 1. The summed E-state index contributed by atoms with van der Waals surface area (Å²) in [6.07, 6.45) is -2.36. The van der Waals surface area contributed by atoms with Crippen LogP contribution in [0.5, 0.6) is 0 Å². The highest BCUT2D eigenvalue weighted by atomic mass is 35.6. The summed E-state index contributed by atoms with van der Waals surface area (Å²) in [7, 11) is 0. The first kappa shape index (κ1) is 20.0. The largest absolute Gasteiger partial charge is 0.465 e. The van der Waals surface area contributed by atoms with Crippen molar-refractivity contribution in [2.75, 3.05) is 5.32 Å². The predicted molar refractivity (Wildman–Crippen MR) is 104 cm³/mol. The number of nitrogens with one attached hydrogen (secondary N) is 1. The SMILES string of the molecule is Cc1ccc(NC(N(Cc2ccccc2Cl)C(=O)O)C(Cl)(Cl)Cl)cc1. The number of rotatable bonds is 5. The summed E-state index contributed by atoms with van der Waals surface area (Å²) in [5.41, 5.74) is 2.30. The minimum Gasteiger partial charge on any atom is -0.465 e. The molecule has 134 valence electrons. The molecule has 2 aromatic rings. The first-order chi connectivity index (χ1) is 11.7. The van der Waals surface area contributed by atoms with Crippen LogP contribution in [0.4, 0.5) is 10.5 Å². The zero-order chi connectivity index (χ0) is 18.6. The number of carbonyl (C=O) groups is 1. The van der Waals surface area contributed by atoms with Gasteiger partial charge in [0.05, 0.1) is 6.54 Å². The molecule has 0 aliphatic carbocycles. The lowest BCUT2D eigenvalue weighted by molar-refractivity contribution is 0.127. The van der Waals surface area contributed by atoms with Gasteiger partial charge in [0.2, 0.25) is 3.79 Å². The molecule has 0 fully saturated rings. The van der Waals surface area contributed by atoms with Gasteiger partial charge in [-0.2, -0.15) is 0 Å². The molecular formula is C17H16Cl4N2O2.